The fraction of sp³-hybridized carbons (Fsp3) is 0.217. The summed E-state index contributed by atoms with van der Waals surface area (Å²) < 4.78 is 10.8. The number of hydrazone groups is 1. The van der Waals surface area contributed by atoms with Crippen LogP contribution in [0.2, 0.25) is 0 Å². The van der Waals surface area contributed by atoms with E-state index < -0.39 is 0 Å². The van der Waals surface area contributed by atoms with E-state index in [-0.39, 0.29) is 12.5 Å². The highest BCUT2D eigenvalue weighted by Crippen LogP contribution is 2.31. The molecule has 5 nitrogen and oxygen atoms in total. The Bertz CT molecular complexity index is 1030. The molecule has 2 aromatic carbocycles. The van der Waals surface area contributed by atoms with E-state index in [1.807, 2.05) is 45.0 Å². The van der Waals surface area contributed by atoms with E-state index in [1.54, 1.807) is 25.3 Å². The molecule has 5 heteroatoms. The number of anilines is 1. The van der Waals surface area contributed by atoms with Crippen molar-refractivity contribution in [2.45, 2.75) is 20.8 Å². The summed E-state index contributed by atoms with van der Waals surface area (Å²) >= 11 is 0. The lowest BCUT2D eigenvalue weighted by Gasteiger charge is -2.15. The van der Waals surface area contributed by atoms with Gasteiger partial charge in [-0.1, -0.05) is 29.7 Å². The van der Waals surface area contributed by atoms with E-state index in [4.69, 9.17) is 15.9 Å². The third-order valence-electron chi connectivity index (χ3n) is 4.45. The number of methoxy groups -OCH3 is 1. The number of rotatable bonds is 5. The van der Waals surface area contributed by atoms with Crippen LogP contribution in [-0.2, 0) is 4.79 Å². The molecule has 1 amide bonds. The number of benzene rings is 2. The highest BCUT2D eigenvalue weighted by molar-refractivity contribution is 6.32. The van der Waals surface area contributed by atoms with Gasteiger partial charge in [-0.25, -0.2) is 0 Å². The van der Waals surface area contributed by atoms with Crippen LogP contribution in [0.5, 0.6) is 11.5 Å². The van der Waals surface area contributed by atoms with Crippen molar-refractivity contribution in [1.29, 1.82) is 0 Å². The number of carbonyl (C=O) groups excluding carboxylic acids is 1. The predicted molar refractivity (Wildman–Crippen MR) is 112 cm³/mol. The summed E-state index contributed by atoms with van der Waals surface area (Å²) in [4.78, 5) is 13.0. The molecule has 0 spiro atoms. The molecule has 1 aliphatic rings. The van der Waals surface area contributed by atoms with Crippen molar-refractivity contribution in [2.75, 3.05) is 18.7 Å². The van der Waals surface area contributed by atoms with E-state index in [0.29, 0.717) is 22.8 Å². The molecular formula is C23H22N2O3. The van der Waals surface area contributed by atoms with Crippen molar-refractivity contribution in [3.8, 4) is 23.8 Å². The Morgan fingerprint density at radius 3 is 2.61 bits per heavy atom. The molecule has 0 unspecified atom stereocenters. The van der Waals surface area contributed by atoms with E-state index >= 15 is 0 Å². The third-order valence-corrected chi connectivity index (χ3v) is 4.45. The SMILES string of the molecule is C#CCOc1ccc(/C=C2\C(=O)N(c3ccc(C)cc3C)N=C2C)cc1OC. The van der Waals surface area contributed by atoms with Gasteiger partial charge >= 0.3 is 0 Å². The maximum Gasteiger partial charge on any atom is 0.280 e. The lowest BCUT2D eigenvalue weighted by Crippen LogP contribution is -2.22. The molecule has 0 bridgehead atoms. The maximum absolute atomic E-state index is 13.0. The molecule has 0 N–H and O–H groups in total. The minimum Gasteiger partial charge on any atom is -0.493 e. The van der Waals surface area contributed by atoms with Crippen molar-refractivity contribution in [1.82, 2.24) is 0 Å². The number of amides is 1. The summed E-state index contributed by atoms with van der Waals surface area (Å²) in [5.41, 5.74) is 4.95. The molecule has 0 saturated heterocycles. The van der Waals surface area contributed by atoms with Crippen LogP contribution in [-0.4, -0.2) is 25.3 Å². The van der Waals surface area contributed by atoms with E-state index in [1.165, 1.54) is 5.01 Å². The van der Waals surface area contributed by atoms with Gasteiger partial charge in [-0.2, -0.15) is 10.1 Å². The second-order valence-corrected chi connectivity index (χ2v) is 6.55. The van der Waals surface area contributed by atoms with Gasteiger partial charge in [0.25, 0.3) is 5.91 Å². The van der Waals surface area contributed by atoms with Crippen molar-refractivity contribution in [2.24, 2.45) is 5.10 Å². The van der Waals surface area contributed by atoms with Gasteiger partial charge < -0.3 is 9.47 Å². The van der Waals surface area contributed by atoms with E-state index in [2.05, 4.69) is 11.0 Å². The Labute approximate surface area is 165 Å². The smallest absolute Gasteiger partial charge is 0.280 e. The van der Waals surface area contributed by atoms with Crippen molar-refractivity contribution >= 4 is 23.4 Å². The number of nitrogens with zero attached hydrogens (tertiary/aromatic N) is 2. The molecule has 1 heterocycles. The van der Waals surface area contributed by atoms with Crippen LogP contribution in [0.25, 0.3) is 6.08 Å². The minimum atomic E-state index is -0.156. The fourth-order valence-corrected chi connectivity index (χ4v) is 3.07. The van der Waals surface area contributed by atoms with Gasteiger partial charge in [-0.3, -0.25) is 4.79 Å². The molecule has 28 heavy (non-hydrogen) atoms. The van der Waals surface area contributed by atoms with Gasteiger partial charge in [0.15, 0.2) is 11.5 Å². The normalized spacial score (nSPS) is 14.8. The first-order valence-electron chi connectivity index (χ1n) is 8.88. The van der Waals surface area contributed by atoms with Crippen LogP contribution in [0.4, 0.5) is 5.69 Å². The van der Waals surface area contributed by atoms with Crippen molar-refractivity contribution < 1.29 is 14.3 Å². The van der Waals surface area contributed by atoms with Gasteiger partial charge in [-0.15, -0.1) is 6.42 Å². The fourth-order valence-electron chi connectivity index (χ4n) is 3.07. The zero-order valence-electron chi connectivity index (χ0n) is 16.4. The molecule has 0 atom stereocenters. The second kappa shape index (κ2) is 8.01. The summed E-state index contributed by atoms with van der Waals surface area (Å²) in [5, 5.41) is 5.92. The lowest BCUT2D eigenvalue weighted by atomic mass is 10.1. The molecule has 1 aliphatic heterocycles. The zero-order valence-corrected chi connectivity index (χ0v) is 16.4. The summed E-state index contributed by atoms with van der Waals surface area (Å²) in [6.07, 6.45) is 7.04. The quantitative estimate of drug-likeness (QED) is 0.584. The van der Waals surface area contributed by atoms with Gasteiger partial charge in [0, 0.05) is 0 Å². The molecule has 0 fully saturated rings. The number of terminal acetylenes is 1. The standard InChI is InChI=1S/C23H22N2O3/c1-6-11-28-21-10-8-18(14-22(21)27-5)13-19-17(4)24-25(23(19)26)20-9-7-15(2)12-16(20)3/h1,7-10,12-14H,11H2,2-5H3/b19-13-. The van der Waals surface area contributed by atoms with E-state index in [0.717, 1.165) is 22.4 Å². The van der Waals surface area contributed by atoms with Crippen LogP contribution in [0.1, 0.15) is 23.6 Å². The minimum absolute atomic E-state index is 0.156. The first-order chi connectivity index (χ1) is 13.4. The average molecular weight is 374 g/mol. The summed E-state index contributed by atoms with van der Waals surface area (Å²) in [5.74, 6) is 3.38. The number of aryl methyl sites for hydroxylation is 2. The summed E-state index contributed by atoms with van der Waals surface area (Å²) in [6, 6.07) is 11.4. The monoisotopic (exact) mass is 374 g/mol. The van der Waals surface area contributed by atoms with Crippen molar-refractivity contribution in [3.05, 3.63) is 58.7 Å². The Morgan fingerprint density at radius 1 is 1.14 bits per heavy atom. The number of carbonyl (C=O) groups is 1. The van der Waals surface area contributed by atoms with Gasteiger partial charge in [0.1, 0.15) is 6.61 Å². The highest BCUT2D eigenvalue weighted by atomic mass is 16.5. The largest absolute Gasteiger partial charge is 0.493 e. The van der Waals surface area contributed by atoms with Crippen molar-refractivity contribution in [3.63, 3.8) is 0 Å². The summed E-state index contributed by atoms with van der Waals surface area (Å²) in [6.45, 7) is 5.98. The molecule has 0 radical (unpaired) electrons. The van der Waals surface area contributed by atoms with Crippen LogP contribution < -0.4 is 14.5 Å². The van der Waals surface area contributed by atoms with Gasteiger partial charge in [0.05, 0.1) is 24.1 Å². The molecule has 3 rings (SSSR count). The Morgan fingerprint density at radius 2 is 1.93 bits per heavy atom. The maximum atomic E-state index is 13.0. The van der Waals surface area contributed by atoms with Gasteiger partial charge in [0.2, 0.25) is 0 Å². The summed E-state index contributed by atoms with van der Waals surface area (Å²) in [7, 11) is 1.56. The number of hydrogen-bond donors (Lipinski definition) is 0. The number of ether oxygens (including phenoxy) is 2. The Balaban J connectivity index is 1.92. The first kappa shape index (κ1) is 19.2. The lowest BCUT2D eigenvalue weighted by molar-refractivity contribution is -0.114. The Kier molecular flexibility index (Phi) is 5.51. The second-order valence-electron chi connectivity index (χ2n) is 6.55. The first-order valence-corrected chi connectivity index (χ1v) is 8.88. The van der Waals surface area contributed by atoms with Crippen LogP contribution in [0, 0.1) is 26.2 Å². The van der Waals surface area contributed by atoms with Crippen LogP contribution in [0.15, 0.2) is 47.1 Å². The average Bonchev–Trinajstić information content (AvgIpc) is 2.95. The molecule has 142 valence electrons. The number of hydrogen-bond acceptors (Lipinski definition) is 4. The Hall–Kier alpha value is -3.52. The van der Waals surface area contributed by atoms with Crippen LogP contribution in [0.3, 0.4) is 0 Å². The van der Waals surface area contributed by atoms with Gasteiger partial charge in [-0.05, 0) is 56.2 Å². The molecule has 0 aliphatic carbocycles. The molecule has 0 saturated carbocycles. The van der Waals surface area contributed by atoms with E-state index in [9.17, 15) is 4.79 Å². The zero-order chi connectivity index (χ0) is 20.3. The molecule has 0 aromatic heterocycles. The highest BCUT2D eigenvalue weighted by Gasteiger charge is 2.29. The van der Waals surface area contributed by atoms with Crippen LogP contribution >= 0.6 is 0 Å². The molecule has 2 aromatic rings. The molecular weight excluding hydrogens is 352 g/mol. The topological polar surface area (TPSA) is 51.1 Å². The predicted octanol–water partition coefficient (Wildman–Crippen LogP) is 4.13. The third kappa shape index (κ3) is 3.77.